The highest BCUT2D eigenvalue weighted by molar-refractivity contribution is 7.15. The summed E-state index contributed by atoms with van der Waals surface area (Å²) in [4.78, 5) is 38.3. The highest BCUT2D eigenvalue weighted by Gasteiger charge is 2.27. The van der Waals surface area contributed by atoms with Gasteiger partial charge in [0.05, 0.1) is 52.8 Å². The number of methoxy groups -OCH3 is 1. The van der Waals surface area contributed by atoms with Gasteiger partial charge >= 0.3 is 5.97 Å². The summed E-state index contributed by atoms with van der Waals surface area (Å²) in [5, 5.41) is 2.07. The number of thiazole rings is 1. The summed E-state index contributed by atoms with van der Waals surface area (Å²) in [5.74, 6) is 0.0138. The first-order chi connectivity index (χ1) is 20.9. The van der Waals surface area contributed by atoms with E-state index in [0.717, 1.165) is 62.0 Å². The number of hydrogen-bond acceptors (Lipinski definition) is 7. The van der Waals surface area contributed by atoms with Gasteiger partial charge in [-0.3, -0.25) is 4.79 Å². The van der Waals surface area contributed by atoms with Gasteiger partial charge in [0, 0.05) is 30.2 Å². The molecule has 1 aliphatic heterocycles. The van der Waals surface area contributed by atoms with Crippen molar-refractivity contribution in [3.8, 4) is 21.8 Å². The maximum absolute atomic E-state index is 13.6. The predicted octanol–water partition coefficient (Wildman–Crippen LogP) is 6.54. The molecule has 1 aliphatic carbocycles. The van der Waals surface area contributed by atoms with Gasteiger partial charge in [0.2, 0.25) is 5.91 Å². The fourth-order valence-corrected chi connectivity index (χ4v) is 7.27. The molecule has 2 fully saturated rings. The van der Waals surface area contributed by atoms with Gasteiger partial charge in [0.25, 0.3) is 0 Å². The molecule has 0 radical (unpaired) electrons. The third-order valence-corrected chi connectivity index (χ3v) is 9.65. The second kappa shape index (κ2) is 12.8. The maximum Gasteiger partial charge on any atom is 0.330 e. The molecular weight excluding hydrogens is 560 g/mol. The lowest BCUT2D eigenvalue weighted by Gasteiger charge is -2.28. The second-order valence-electron chi connectivity index (χ2n) is 11.4. The van der Waals surface area contributed by atoms with Gasteiger partial charge in [-0.15, -0.1) is 11.3 Å². The van der Waals surface area contributed by atoms with Gasteiger partial charge in [0.15, 0.2) is 0 Å². The van der Waals surface area contributed by atoms with Gasteiger partial charge in [-0.2, -0.15) is 0 Å². The Morgan fingerprint density at radius 3 is 2.56 bits per heavy atom. The average Bonchev–Trinajstić information content (AvgIpc) is 3.58. The van der Waals surface area contributed by atoms with Crippen LogP contribution in [0.5, 0.6) is 0 Å². The van der Waals surface area contributed by atoms with E-state index in [9.17, 15) is 9.59 Å². The number of rotatable bonds is 7. The Morgan fingerprint density at radius 1 is 1.05 bits per heavy atom. The number of carbonyl (C=O) groups excluding carboxylic acids is 2. The molecule has 2 aliphatic rings. The number of carbonyl (C=O) groups is 2. The van der Waals surface area contributed by atoms with Gasteiger partial charge in [-0.25, -0.2) is 14.8 Å². The van der Waals surface area contributed by atoms with Crippen LogP contribution in [0.1, 0.15) is 60.0 Å². The number of fused-ring (bicyclic) bond motifs is 1. The van der Waals surface area contributed by atoms with E-state index in [1.165, 1.54) is 38.0 Å². The highest BCUT2D eigenvalue weighted by atomic mass is 32.1. The molecule has 1 saturated carbocycles. The van der Waals surface area contributed by atoms with Crippen molar-refractivity contribution < 1.29 is 19.1 Å². The maximum atomic E-state index is 13.6. The number of aromatic nitrogens is 3. The minimum Gasteiger partial charge on any atom is -0.466 e. The third kappa shape index (κ3) is 6.28. The first-order valence-corrected chi connectivity index (χ1v) is 15.9. The summed E-state index contributed by atoms with van der Waals surface area (Å²) in [6, 6.07) is 12.8. The van der Waals surface area contributed by atoms with E-state index in [0.29, 0.717) is 32.2 Å². The molecular formula is C34H38N4O4S. The zero-order chi connectivity index (χ0) is 29.9. The normalized spacial score (nSPS) is 16.3. The van der Waals surface area contributed by atoms with Crippen LogP contribution >= 0.6 is 11.3 Å². The van der Waals surface area contributed by atoms with Gasteiger partial charge in [-0.05, 0) is 74.1 Å². The molecule has 6 rings (SSSR count). The molecule has 0 unspecified atom stereocenters. The van der Waals surface area contributed by atoms with Crippen LogP contribution in [0.15, 0.2) is 42.5 Å². The quantitative estimate of drug-likeness (QED) is 0.177. The molecule has 43 heavy (non-hydrogen) atoms. The molecule has 224 valence electrons. The van der Waals surface area contributed by atoms with E-state index in [1.54, 1.807) is 17.4 Å². The van der Waals surface area contributed by atoms with E-state index >= 15 is 0 Å². The molecule has 9 heteroatoms. The van der Waals surface area contributed by atoms with Crippen molar-refractivity contribution in [1.82, 2.24) is 19.4 Å². The summed E-state index contributed by atoms with van der Waals surface area (Å²) in [6.07, 6.45) is 9.07. The third-order valence-electron chi connectivity index (χ3n) is 8.55. The van der Waals surface area contributed by atoms with Crippen molar-refractivity contribution in [2.24, 2.45) is 0 Å². The lowest BCUT2D eigenvalue weighted by atomic mass is 9.83. The van der Waals surface area contributed by atoms with E-state index < -0.39 is 5.97 Å². The molecule has 8 nitrogen and oxygen atoms in total. The van der Waals surface area contributed by atoms with Crippen LogP contribution in [0.3, 0.4) is 0 Å². The largest absolute Gasteiger partial charge is 0.466 e. The minimum absolute atomic E-state index is 0.0466. The number of morpholine rings is 1. The first kappa shape index (κ1) is 29.3. The van der Waals surface area contributed by atoms with Crippen LogP contribution in [0.2, 0.25) is 0 Å². The predicted molar refractivity (Wildman–Crippen MR) is 170 cm³/mol. The minimum atomic E-state index is -0.424. The standard InChI is InChI=1S/C34H38N4O4S/c1-22-34(43-23(2)35-22)30-13-9-25-19-26(10-12-29(25)36-30)33-28(24-7-5-4-6-8-24)20-27(11-14-32(40)41-3)38(33)21-31(39)37-15-17-42-18-16-37/h9-14,19-20,24H,4-8,15-18,21H2,1-3H3/b14-11+. The molecule has 4 heterocycles. The van der Waals surface area contributed by atoms with E-state index in [1.807, 2.05) is 18.7 Å². The zero-order valence-electron chi connectivity index (χ0n) is 25.1. The topological polar surface area (TPSA) is 86.5 Å². The number of amides is 1. The fourth-order valence-electron chi connectivity index (χ4n) is 6.38. The van der Waals surface area contributed by atoms with Gasteiger partial charge in [-0.1, -0.05) is 31.4 Å². The summed E-state index contributed by atoms with van der Waals surface area (Å²) in [7, 11) is 1.37. The number of esters is 1. The number of ether oxygens (including phenoxy) is 2. The van der Waals surface area contributed by atoms with E-state index in [4.69, 9.17) is 14.5 Å². The molecule has 0 atom stereocenters. The Morgan fingerprint density at radius 2 is 1.84 bits per heavy atom. The number of nitrogens with zero attached hydrogens (tertiary/aromatic N) is 4. The van der Waals surface area contributed by atoms with Crippen LogP contribution in [-0.4, -0.2) is 64.7 Å². The van der Waals surface area contributed by atoms with Crippen LogP contribution in [0.4, 0.5) is 0 Å². The highest BCUT2D eigenvalue weighted by Crippen LogP contribution is 2.41. The zero-order valence-corrected chi connectivity index (χ0v) is 25.9. The molecule has 3 aromatic heterocycles. The van der Waals surface area contributed by atoms with Crippen molar-refractivity contribution in [1.29, 1.82) is 0 Å². The summed E-state index contributed by atoms with van der Waals surface area (Å²) in [5.41, 5.74) is 6.99. The molecule has 4 aromatic rings. The van der Waals surface area contributed by atoms with Crippen LogP contribution < -0.4 is 0 Å². The smallest absolute Gasteiger partial charge is 0.330 e. The molecule has 0 N–H and O–H groups in total. The monoisotopic (exact) mass is 598 g/mol. The lowest BCUT2D eigenvalue weighted by molar-refractivity contribution is -0.136. The molecule has 1 aromatic carbocycles. The van der Waals surface area contributed by atoms with Crippen molar-refractivity contribution in [3.63, 3.8) is 0 Å². The van der Waals surface area contributed by atoms with Crippen molar-refractivity contribution in [2.45, 2.75) is 58.4 Å². The Hall–Kier alpha value is -3.82. The number of hydrogen-bond donors (Lipinski definition) is 0. The molecule has 0 bridgehead atoms. The van der Waals surface area contributed by atoms with E-state index in [-0.39, 0.29) is 12.5 Å². The fraction of sp³-hybridized carbons (Fsp3) is 0.412. The van der Waals surface area contributed by atoms with Crippen molar-refractivity contribution in [2.75, 3.05) is 33.4 Å². The summed E-state index contributed by atoms with van der Waals surface area (Å²) in [6.45, 7) is 6.50. The Labute approximate surface area is 256 Å². The van der Waals surface area contributed by atoms with Crippen LogP contribution in [-0.2, 0) is 25.6 Å². The van der Waals surface area contributed by atoms with E-state index in [2.05, 4.69) is 45.9 Å². The Balaban J connectivity index is 1.46. The first-order valence-electron chi connectivity index (χ1n) is 15.1. The SMILES string of the molecule is COC(=O)/C=C/c1cc(C2CCCCC2)c(-c2ccc3nc(-c4sc(C)nc4C)ccc3c2)n1CC(=O)N1CCOCC1. The summed E-state index contributed by atoms with van der Waals surface area (Å²) >= 11 is 1.66. The molecule has 1 saturated heterocycles. The number of aryl methyl sites for hydroxylation is 2. The molecule has 1 amide bonds. The number of benzene rings is 1. The Kier molecular flexibility index (Phi) is 8.72. The van der Waals surface area contributed by atoms with Gasteiger partial charge < -0.3 is 18.9 Å². The Bertz CT molecular complexity index is 1680. The average molecular weight is 599 g/mol. The summed E-state index contributed by atoms with van der Waals surface area (Å²) < 4.78 is 12.5. The van der Waals surface area contributed by atoms with Crippen molar-refractivity contribution in [3.05, 3.63) is 64.4 Å². The van der Waals surface area contributed by atoms with Crippen LogP contribution in [0, 0.1) is 13.8 Å². The van der Waals surface area contributed by atoms with Gasteiger partial charge in [0.1, 0.15) is 6.54 Å². The van der Waals surface area contributed by atoms with Crippen molar-refractivity contribution >= 4 is 40.2 Å². The van der Waals surface area contributed by atoms with Crippen LogP contribution in [0.25, 0.3) is 38.8 Å². The lowest BCUT2D eigenvalue weighted by Crippen LogP contribution is -2.42. The number of pyridine rings is 1. The second-order valence-corrected chi connectivity index (χ2v) is 12.6. The molecule has 0 spiro atoms.